The number of amides is 2. The van der Waals surface area contributed by atoms with Crippen molar-refractivity contribution in [1.82, 2.24) is 20.1 Å². The monoisotopic (exact) mass is 383 g/mol. The van der Waals surface area contributed by atoms with Gasteiger partial charge in [0.05, 0.1) is 16.8 Å². The SMILES string of the molecule is Nc1c2c(cc(=O)n1-c1cccc(Oc3ccc(Cl)nn3)c1)C(=O)NC2=O. The molecule has 0 aliphatic carbocycles. The lowest BCUT2D eigenvalue weighted by atomic mass is 10.1. The smallest absolute Gasteiger partial charge is 0.262 e. The number of hydrogen-bond acceptors (Lipinski definition) is 7. The van der Waals surface area contributed by atoms with Crippen LogP contribution in [0, 0.1) is 0 Å². The average molecular weight is 384 g/mol. The number of carbonyl (C=O) groups excluding carboxylic acids is 2. The molecule has 9 nitrogen and oxygen atoms in total. The van der Waals surface area contributed by atoms with E-state index in [1.165, 1.54) is 18.2 Å². The molecule has 3 aromatic rings. The second kappa shape index (κ2) is 6.22. The lowest BCUT2D eigenvalue weighted by molar-refractivity contribution is 0.0880. The van der Waals surface area contributed by atoms with Gasteiger partial charge in [0.1, 0.15) is 11.6 Å². The predicted octanol–water partition coefficient (Wildman–Crippen LogP) is 1.54. The Morgan fingerprint density at radius 3 is 2.59 bits per heavy atom. The fourth-order valence-corrected chi connectivity index (χ4v) is 2.81. The third-order valence-electron chi connectivity index (χ3n) is 3.86. The number of halogens is 1. The van der Waals surface area contributed by atoms with E-state index in [0.29, 0.717) is 11.4 Å². The first-order chi connectivity index (χ1) is 12.9. The molecule has 0 unspecified atom stereocenters. The van der Waals surface area contributed by atoms with E-state index in [2.05, 4.69) is 15.5 Å². The van der Waals surface area contributed by atoms with Crippen LogP contribution in [0.3, 0.4) is 0 Å². The molecular formula is C17H10ClN5O4. The predicted molar refractivity (Wildman–Crippen MR) is 95.4 cm³/mol. The Hall–Kier alpha value is -3.72. The molecule has 134 valence electrons. The molecule has 1 aliphatic rings. The van der Waals surface area contributed by atoms with E-state index in [-0.39, 0.29) is 28.0 Å². The Balaban J connectivity index is 1.78. The molecule has 0 saturated heterocycles. The van der Waals surface area contributed by atoms with Gasteiger partial charge in [-0.25, -0.2) is 0 Å². The van der Waals surface area contributed by atoms with Crippen LogP contribution in [0.25, 0.3) is 5.69 Å². The highest BCUT2D eigenvalue weighted by Crippen LogP contribution is 2.26. The van der Waals surface area contributed by atoms with E-state index in [1.54, 1.807) is 18.2 Å². The standard InChI is InChI=1S/C17H10ClN5O4/c18-11-4-5-12(22-21-11)27-9-3-1-2-8(6-9)23-13(24)7-10-14(15(23)19)17(26)20-16(10)25/h1-7H,19H2,(H,20,25,26). The minimum Gasteiger partial charge on any atom is -0.437 e. The Morgan fingerprint density at radius 2 is 1.85 bits per heavy atom. The lowest BCUT2D eigenvalue weighted by Gasteiger charge is -2.13. The maximum atomic E-state index is 12.5. The topological polar surface area (TPSA) is 129 Å². The number of aromatic nitrogens is 3. The zero-order chi connectivity index (χ0) is 19.1. The molecule has 0 atom stereocenters. The number of ether oxygens (including phenoxy) is 1. The van der Waals surface area contributed by atoms with Gasteiger partial charge in [-0.2, -0.15) is 0 Å². The first-order valence-electron chi connectivity index (χ1n) is 7.63. The number of carbonyl (C=O) groups is 2. The summed E-state index contributed by atoms with van der Waals surface area (Å²) in [5.74, 6) is -0.869. The summed E-state index contributed by atoms with van der Waals surface area (Å²) in [6.45, 7) is 0. The average Bonchev–Trinajstić information content (AvgIpc) is 2.91. The third kappa shape index (κ3) is 2.89. The van der Waals surface area contributed by atoms with Gasteiger partial charge in [0.25, 0.3) is 17.4 Å². The van der Waals surface area contributed by atoms with Crippen molar-refractivity contribution in [2.75, 3.05) is 5.73 Å². The summed E-state index contributed by atoms with van der Waals surface area (Å²) in [5, 5.41) is 9.81. The fraction of sp³-hybridized carbons (Fsp3) is 0. The minimum atomic E-state index is -0.649. The number of imide groups is 1. The number of rotatable bonds is 3. The zero-order valence-corrected chi connectivity index (χ0v) is 14.2. The number of nitrogens with two attached hydrogens (primary N) is 1. The van der Waals surface area contributed by atoms with E-state index >= 15 is 0 Å². The van der Waals surface area contributed by atoms with E-state index in [1.807, 2.05) is 0 Å². The molecule has 4 rings (SSSR count). The van der Waals surface area contributed by atoms with Crippen LogP contribution >= 0.6 is 11.6 Å². The van der Waals surface area contributed by atoms with Crippen molar-refractivity contribution in [3.05, 3.63) is 69.1 Å². The highest BCUT2D eigenvalue weighted by atomic mass is 35.5. The van der Waals surface area contributed by atoms with E-state index < -0.39 is 17.4 Å². The lowest BCUT2D eigenvalue weighted by Crippen LogP contribution is -2.24. The number of pyridine rings is 1. The number of nitrogen functional groups attached to an aromatic ring is 1. The van der Waals surface area contributed by atoms with Gasteiger partial charge in [-0.05, 0) is 18.2 Å². The van der Waals surface area contributed by atoms with Gasteiger partial charge in [0.15, 0.2) is 5.15 Å². The molecule has 3 heterocycles. The van der Waals surface area contributed by atoms with Gasteiger partial charge in [0.2, 0.25) is 5.88 Å². The molecule has 2 aromatic heterocycles. The maximum Gasteiger partial charge on any atom is 0.262 e. The molecular weight excluding hydrogens is 374 g/mol. The van der Waals surface area contributed by atoms with Crippen molar-refractivity contribution in [3.8, 4) is 17.3 Å². The van der Waals surface area contributed by atoms with Gasteiger partial charge in [-0.1, -0.05) is 17.7 Å². The zero-order valence-electron chi connectivity index (χ0n) is 13.5. The molecule has 2 amide bonds. The van der Waals surface area contributed by atoms with Gasteiger partial charge in [-0.15, -0.1) is 10.2 Å². The van der Waals surface area contributed by atoms with E-state index in [9.17, 15) is 14.4 Å². The molecule has 1 aromatic carbocycles. The number of fused-ring (bicyclic) bond motifs is 1. The van der Waals surface area contributed by atoms with Crippen LogP contribution in [0.2, 0.25) is 5.15 Å². The highest BCUT2D eigenvalue weighted by Gasteiger charge is 2.31. The van der Waals surface area contributed by atoms with Gasteiger partial charge < -0.3 is 10.5 Å². The van der Waals surface area contributed by atoms with Crippen molar-refractivity contribution < 1.29 is 14.3 Å². The fourth-order valence-electron chi connectivity index (χ4n) is 2.71. The van der Waals surface area contributed by atoms with Crippen molar-refractivity contribution >= 4 is 29.2 Å². The minimum absolute atomic E-state index is 0.0329. The van der Waals surface area contributed by atoms with Crippen LogP contribution in [0.4, 0.5) is 5.82 Å². The summed E-state index contributed by atoms with van der Waals surface area (Å²) >= 11 is 5.69. The summed E-state index contributed by atoms with van der Waals surface area (Å²) in [5.41, 5.74) is 5.74. The molecule has 0 saturated carbocycles. The Kier molecular flexibility index (Phi) is 3.85. The number of anilines is 1. The van der Waals surface area contributed by atoms with Gasteiger partial charge in [-0.3, -0.25) is 24.3 Å². The molecule has 27 heavy (non-hydrogen) atoms. The van der Waals surface area contributed by atoms with Crippen LogP contribution < -0.4 is 21.3 Å². The summed E-state index contributed by atoms with van der Waals surface area (Å²) < 4.78 is 6.71. The molecule has 10 heteroatoms. The van der Waals surface area contributed by atoms with Crippen LogP contribution in [0.5, 0.6) is 11.6 Å². The first kappa shape index (κ1) is 16.7. The van der Waals surface area contributed by atoms with Crippen LogP contribution in [0.15, 0.2) is 47.3 Å². The maximum absolute atomic E-state index is 12.5. The molecule has 0 fully saturated rings. The second-order valence-corrected chi connectivity index (χ2v) is 5.96. The largest absolute Gasteiger partial charge is 0.437 e. The molecule has 0 radical (unpaired) electrons. The van der Waals surface area contributed by atoms with Crippen molar-refractivity contribution in [2.24, 2.45) is 0 Å². The summed E-state index contributed by atoms with van der Waals surface area (Å²) in [6, 6.07) is 10.6. The summed E-state index contributed by atoms with van der Waals surface area (Å²) in [6.07, 6.45) is 0. The van der Waals surface area contributed by atoms with E-state index in [4.69, 9.17) is 22.1 Å². The van der Waals surface area contributed by atoms with Crippen molar-refractivity contribution in [1.29, 1.82) is 0 Å². The van der Waals surface area contributed by atoms with Gasteiger partial charge >= 0.3 is 0 Å². The quantitative estimate of drug-likeness (QED) is 0.656. The Morgan fingerprint density at radius 1 is 1.04 bits per heavy atom. The summed E-state index contributed by atoms with van der Waals surface area (Å²) in [4.78, 5) is 36.2. The molecule has 3 N–H and O–H groups in total. The number of benzene rings is 1. The number of nitrogens with zero attached hydrogens (tertiary/aromatic N) is 3. The van der Waals surface area contributed by atoms with E-state index in [0.717, 1.165) is 10.6 Å². The molecule has 0 bridgehead atoms. The molecule has 0 spiro atoms. The highest BCUT2D eigenvalue weighted by molar-refractivity contribution is 6.29. The van der Waals surface area contributed by atoms with Crippen molar-refractivity contribution in [3.63, 3.8) is 0 Å². The van der Waals surface area contributed by atoms with Crippen LogP contribution in [0.1, 0.15) is 20.7 Å². The second-order valence-electron chi connectivity index (χ2n) is 5.57. The van der Waals surface area contributed by atoms with Crippen molar-refractivity contribution in [2.45, 2.75) is 0 Å². The number of nitrogens with one attached hydrogen (secondary N) is 1. The number of hydrogen-bond donors (Lipinski definition) is 2. The van der Waals surface area contributed by atoms with Crippen LogP contribution in [-0.2, 0) is 0 Å². The normalized spacial score (nSPS) is 12.6. The Bertz CT molecular complexity index is 1160. The summed E-state index contributed by atoms with van der Waals surface area (Å²) in [7, 11) is 0. The molecule has 1 aliphatic heterocycles. The van der Waals surface area contributed by atoms with Crippen LogP contribution in [-0.4, -0.2) is 26.6 Å². The Labute approximate surface area is 156 Å². The first-order valence-corrected chi connectivity index (χ1v) is 8.00. The van der Waals surface area contributed by atoms with Gasteiger partial charge in [0, 0.05) is 18.2 Å². The third-order valence-corrected chi connectivity index (χ3v) is 4.06.